The summed E-state index contributed by atoms with van der Waals surface area (Å²) in [5.74, 6) is 0.547. The highest BCUT2D eigenvalue weighted by atomic mass is 32.2. The average molecular weight is 542 g/mol. The molecule has 1 saturated heterocycles. The Bertz CT molecular complexity index is 1600. The lowest BCUT2D eigenvalue weighted by Crippen LogP contribution is -2.32. The van der Waals surface area contributed by atoms with Gasteiger partial charge < -0.3 is 10.2 Å². The Kier molecular flexibility index (Phi) is 7.10. The summed E-state index contributed by atoms with van der Waals surface area (Å²) >= 11 is 0. The van der Waals surface area contributed by atoms with Crippen molar-refractivity contribution in [3.63, 3.8) is 0 Å². The van der Waals surface area contributed by atoms with Gasteiger partial charge in [0.05, 0.1) is 10.4 Å². The van der Waals surface area contributed by atoms with Crippen molar-refractivity contribution in [3.05, 3.63) is 78.0 Å². The number of benzene rings is 3. The van der Waals surface area contributed by atoms with Crippen LogP contribution < -0.4 is 5.32 Å². The first-order chi connectivity index (χ1) is 18.9. The number of likely N-dealkylation sites (tertiary alicyclic amines) is 1. The molecule has 1 aromatic heterocycles. The number of nitrogens with zero attached hydrogens (tertiary/aromatic N) is 4. The van der Waals surface area contributed by atoms with Gasteiger partial charge in [0.25, 0.3) is 0 Å². The van der Waals surface area contributed by atoms with E-state index in [9.17, 15) is 8.42 Å². The summed E-state index contributed by atoms with van der Waals surface area (Å²) in [6, 6.07) is 20.3. The van der Waals surface area contributed by atoms with Gasteiger partial charge in [-0.1, -0.05) is 36.4 Å². The van der Waals surface area contributed by atoms with Crippen LogP contribution >= 0.6 is 0 Å². The second-order valence-electron chi connectivity index (χ2n) is 10.8. The summed E-state index contributed by atoms with van der Waals surface area (Å²) < 4.78 is 26.2. The van der Waals surface area contributed by atoms with Crippen LogP contribution in [0.25, 0.3) is 22.0 Å². The highest BCUT2D eigenvalue weighted by Crippen LogP contribution is 2.31. The maximum Gasteiger partial charge on any atom is 0.242 e. The van der Waals surface area contributed by atoms with Crippen molar-refractivity contribution in [3.8, 4) is 11.1 Å². The molecular formula is C31H35N5O2S. The summed E-state index contributed by atoms with van der Waals surface area (Å²) in [4.78, 5) is 12.4. The van der Waals surface area contributed by atoms with E-state index in [1.54, 1.807) is 12.1 Å². The molecule has 4 aromatic rings. The molecular weight excluding hydrogens is 506 g/mol. The van der Waals surface area contributed by atoms with Crippen molar-refractivity contribution in [1.29, 1.82) is 0 Å². The second-order valence-corrected chi connectivity index (χ2v) is 13.0. The number of sulfonamides is 1. The molecule has 1 fully saturated rings. The number of rotatable bonds is 6. The molecule has 3 aromatic carbocycles. The van der Waals surface area contributed by atoms with E-state index >= 15 is 0 Å². The van der Waals surface area contributed by atoms with Crippen molar-refractivity contribution in [2.75, 3.05) is 32.5 Å². The van der Waals surface area contributed by atoms with Crippen LogP contribution in [0.1, 0.15) is 36.8 Å². The molecule has 7 nitrogen and oxygen atoms in total. The normalized spacial score (nSPS) is 18.3. The van der Waals surface area contributed by atoms with Gasteiger partial charge in [0.15, 0.2) is 0 Å². The van der Waals surface area contributed by atoms with E-state index in [-0.39, 0.29) is 4.90 Å². The number of aromatic nitrogens is 2. The fraction of sp³-hybridized carbons (Fsp3) is 0.355. The molecule has 0 radical (unpaired) electrons. The van der Waals surface area contributed by atoms with Crippen LogP contribution in [0.5, 0.6) is 0 Å². The molecule has 1 aliphatic carbocycles. The van der Waals surface area contributed by atoms with Gasteiger partial charge in [0.2, 0.25) is 16.0 Å². The molecule has 1 N–H and O–H groups in total. The van der Waals surface area contributed by atoms with Crippen molar-refractivity contribution in [2.24, 2.45) is 0 Å². The van der Waals surface area contributed by atoms with Gasteiger partial charge in [-0.05, 0) is 92.6 Å². The first-order valence-corrected chi connectivity index (χ1v) is 15.2. The molecule has 2 aliphatic rings. The minimum atomic E-state index is -3.48. The number of nitrogens with one attached hydrogen (secondary N) is 1. The summed E-state index contributed by atoms with van der Waals surface area (Å²) in [6.45, 7) is 2.52. The Morgan fingerprint density at radius 2 is 1.67 bits per heavy atom. The molecule has 39 heavy (non-hydrogen) atoms. The third-order valence-corrected chi connectivity index (χ3v) is 10.00. The molecule has 0 saturated carbocycles. The molecule has 202 valence electrons. The Morgan fingerprint density at radius 3 is 2.41 bits per heavy atom. The molecule has 0 bridgehead atoms. The highest BCUT2D eigenvalue weighted by Gasteiger charge is 2.24. The van der Waals surface area contributed by atoms with E-state index in [0.717, 1.165) is 40.6 Å². The monoisotopic (exact) mass is 541 g/mol. The number of aryl methyl sites for hydroxylation is 2. The topological polar surface area (TPSA) is 78.4 Å². The van der Waals surface area contributed by atoms with E-state index in [1.165, 1.54) is 68.3 Å². The molecule has 6 rings (SSSR count). The summed E-state index contributed by atoms with van der Waals surface area (Å²) in [5, 5.41) is 4.36. The number of hydrogen-bond donors (Lipinski definition) is 1. The third kappa shape index (κ3) is 5.29. The van der Waals surface area contributed by atoms with Crippen LogP contribution in [-0.2, 0) is 22.9 Å². The van der Waals surface area contributed by atoms with Crippen LogP contribution in [0, 0.1) is 0 Å². The van der Waals surface area contributed by atoms with Crippen LogP contribution in [0.2, 0.25) is 0 Å². The standard InChI is InChI=1S/C31H35N5O2S/c1-35(2)39(37,38)28-16-11-23(12-17-28)29-7-5-6-25-21-32-31(34-30(25)29)33-26-13-8-22-9-14-27(15-10-24(22)20-26)36-18-3-4-19-36/h5-8,11-13,16-17,20-21,27H,3-4,9-10,14-15,18-19H2,1-2H3,(H,32,33,34)/t27-/m0/s1. The molecule has 0 unspecified atom stereocenters. The van der Waals surface area contributed by atoms with Crippen LogP contribution in [0.15, 0.2) is 71.8 Å². The number of para-hydroxylation sites is 1. The SMILES string of the molecule is CN(C)S(=O)(=O)c1ccc(-c2cccc3cnc(Nc4ccc5c(c4)CC[C@@H](N4CCCC4)CC5)nc23)cc1. The quantitative estimate of drug-likeness (QED) is 0.319. The zero-order valence-electron chi connectivity index (χ0n) is 22.6. The summed E-state index contributed by atoms with van der Waals surface area (Å²) in [7, 11) is -0.408. The van der Waals surface area contributed by atoms with E-state index in [2.05, 4.69) is 33.4 Å². The second kappa shape index (κ2) is 10.7. The van der Waals surface area contributed by atoms with E-state index in [4.69, 9.17) is 4.98 Å². The lowest BCUT2D eigenvalue weighted by atomic mass is 10.0. The molecule has 8 heteroatoms. The van der Waals surface area contributed by atoms with E-state index < -0.39 is 10.0 Å². The molecule has 0 amide bonds. The maximum absolute atomic E-state index is 12.5. The van der Waals surface area contributed by atoms with Gasteiger partial charge in [-0.15, -0.1) is 0 Å². The fourth-order valence-corrected chi connectivity index (χ4v) is 6.84. The minimum absolute atomic E-state index is 0.267. The molecule has 2 heterocycles. The molecule has 1 atom stereocenters. The minimum Gasteiger partial charge on any atom is -0.324 e. The largest absolute Gasteiger partial charge is 0.324 e. The first kappa shape index (κ1) is 25.9. The molecule has 0 spiro atoms. The van der Waals surface area contributed by atoms with E-state index in [1.807, 2.05) is 36.5 Å². The summed E-state index contributed by atoms with van der Waals surface area (Å²) in [6.07, 6.45) is 9.24. The van der Waals surface area contributed by atoms with E-state index in [0.29, 0.717) is 12.0 Å². The van der Waals surface area contributed by atoms with Gasteiger partial charge in [0, 0.05) is 43.0 Å². The van der Waals surface area contributed by atoms with Crippen molar-refractivity contribution in [2.45, 2.75) is 49.5 Å². The average Bonchev–Trinajstić information content (AvgIpc) is 3.40. The summed E-state index contributed by atoms with van der Waals surface area (Å²) in [5.41, 5.74) is 6.55. The Balaban J connectivity index is 1.25. The third-order valence-electron chi connectivity index (χ3n) is 8.17. The van der Waals surface area contributed by atoms with Gasteiger partial charge >= 0.3 is 0 Å². The smallest absolute Gasteiger partial charge is 0.242 e. The van der Waals surface area contributed by atoms with Crippen molar-refractivity contribution >= 4 is 32.6 Å². The van der Waals surface area contributed by atoms with Gasteiger partial charge in [-0.3, -0.25) is 0 Å². The van der Waals surface area contributed by atoms with Crippen LogP contribution in [0.3, 0.4) is 0 Å². The predicted octanol–water partition coefficient (Wildman–Crippen LogP) is 5.63. The maximum atomic E-state index is 12.5. The van der Waals surface area contributed by atoms with Gasteiger partial charge in [0.1, 0.15) is 0 Å². The van der Waals surface area contributed by atoms with Gasteiger partial charge in [-0.2, -0.15) is 0 Å². The zero-order valence-corrected chi connectivity index (χ0v) is 23.4. The first-order valence-electron chi connectivity index (χ1n) is 13.8. The lowest BCUT2D eigenvalue weighted by molar-refractivity contribution is 0.222. The van der Waals surface area contributed by atoms with Crippen molar-refractivity contribution in [1.82, 2.24) is 19.2 Å². The highest BCUT2D eigenvalue weighted by molar-refractivity contribution is 7.89. The van der Waals surface area contributed by atoms with Crippen LogP contribution in [0.4, 0.5) is 11.6 Å². The Morgan fingerprint density at radius 1 is 0.923 bits per heavy atom. The number of fused-ring (bicyclic) bond motifs is 2. The molecule has 1 aliphatic heterocycles. The predicted molar refractivity (Wildman–Crippen MR) is 157 cm³/mol. The zero-order chi connectivity index (χ0) is 27.0. The van der Waals surface area contributed by atoms with Crippen molar-refractivity contribution < 1.29 is 8.42 Å². The lowest BCUT2D eigenvalue weighted by Gasteiger charge is -2.25. The fourth-order valence-electron chi connectivity index (χ4n) is 5.94. The van der Waals surface area contributed by atoms with Crippen LogP contribution in [-0.4, -0.2) is 60.8 Å². The Hall–Kier alpha value is -3.33. The van der Waals surface area contributed by atoms with Gasteiger partial charge in [-0.25, -0.2) is 22.7 Å². The number of anilines is 2. The number of hydrogen-bond acceptors (Lipinski definition) is 6. The Labute approximate surface area is 230 Å².